The van der Waals surface area contributed by atoms with E-state index in [-0.39, 0.29) is 31.1 Å². The Morgan fingerprint density at radius 2 is 2.00 bits per heavy atom. The number of fused-ring (bicyclic) bond motifs is 4. The van der Waals surface area contributed by atoms with E-state index in [2.05, 4.69) is 15.2 Å². The summed E-state index contributed by atoms with van der Waals surface area (Å²) in [5.41, 5.74) is 2.45. The van der Waals surface area contributed by atoms with Crippen LogP contribution in [0.25, 0.3) is 10.9 Å². The molecule has 3 aliphatic rings. The highest BCUT2D eigenvalue weighted by atomic mass is 16.5. The molecule has 3 amide bonds. The average Bonchev–Trinajstić information content (AvgIpc) is 3.20. The third kappa shape index (κ3) is 4.23. The summed E-state index contributed by atoms with van der Waals surface area (Å²) in [4.78, 5) is 35.5. The number of nitrogens with zero attached hydrogens (tertiary/aromatic N) is 3. The van der Waals surface area contributed by atoms with Crippen molar-refractivity contribution in [2.24, 2.45) is 0 Å². The molecule has 1 aromatic carbocycles. The van der Waals surface area contributed by atoms with Gasteiger partial charge in [0.15, 0.2) is 0 Å². The molecule has 5 rings (SSSR count). The van der Waals surface area contributed by atoms with E-state index in [4.69, 9.17) is 9.47 Å². The normalized spacial score (nSPS) is 21.8. The summed E-state index contributed by atoms with van der Waals surface area (Å²) in [5.74, 6) is 0.717. The number of rotatable bonds is 5. The number of morpholine rings is 1. The predicted octanol–water partition coefficient (Wildman–Crippen LogP) is 1.06. The van der Waals surface area contributed by atoms with Gasteiger partial charge in [0.2, 0.25) is 5.91 Å². The van der Waals surface area contributed by atoms with E-state index >= 15 is 0 Å². The Bertz CT molecular complexity index is 1100. The predicted molar refractivity (Wildman–Crippen MR) is 131 cm³/mol. The van der Waals surface area contributed by atoms with E-state index < -0.39 is 11.5 Å². The number of aromatic amines is 1. The van der Waals surface area contributed by atoms with Crippen molar-refractivity contribution in [1.29, 1.82) is 0 Å². The van der Waals surface area contributed by atoms with Gasteiger partial charge in [-0.2, -0.15) is 0 Å². The molecule has 4 heterocycles. The van der Waals surface area contributed by atoms with Crippen LogP contribution in [0, 0.1) is 0 Å². The van der Waals surface area contributed by atoms with Crippen molar-refractivity contribution in [3.05, 3.63) is 29.5 Å². The molecule has 2 saturated heterocycles. The molecule has 190 valence electrons. The highest BCUT2D eigenvalue weighted by Gasteiger charge is 2.55. The van der Waals surface area contributed by atoms with Gasteiger partial charge in [-0.25, -0.2) is 4.79 Å². The second-order valence-electron chi connectivity index (χ2n) is 10.2. The van der Waals surface area contributed by atoms with Crippen molar-refractivity contribution < 1.29 is 24.2 Å². The van der Waals surface area contributed by atoms with Crippen molar-refractivity contribution in [3.8, 4) is 5.75 Å². The zero-order valence-electron chi connectivity index (χ0n) is 20.7. The number of aliphatic hydroxyl groups excluding tert-OH is 1. The van der Waals surface area contributed by atoms with E-state index in [1.807, 2.05) is 36.9 Å². The molecule has 1 aromatic heterocycles. The van der Waals surface area contributed by atoms with Crippen LogP contribution in [0.4, 0.5) is 4.79 Å². The molecule has 10 nitrogen and oxygen atoms in total. The summed E-state index contributed by atoms with van der Waals surface area (Å²) in [7, 11) is 1.63. The first-order valence-electron chi connectivity index (χ1n) is 12.3. The van der Waals surface area contributed by atoms with Gasteiger partial charge in [-0.1, -0.05) is 0 Å². The fourth-order valence-electron chi connectivity index (χ4n) is 5.73. The number of methoxy groups -OCH3 is 1. The lowest BCUT2D eigenvalue weighted by atomic mass is 9.68. The van der Waals surface area contributed by atoms with Crippen LogP contribution in [0.3, 0.4) is 0 Å². The molecule has 35 heavy (non-hydrogen) atoms. The van der Waals surface area contributed by atoms with E-state index in [0.717, 1.165) is 41.0 Å². The minimum absolute atomic E-state index is 0.0164. The Morgan fingerprint density at radius 3 is 2.66 bits per heavy atom. The average molecular weight is 486 g/mol. The quantitative estimate of drug-likeness (QED) is 0.584. The standard InChI is InChI=1S/C25H35N5O5/c1-16(2)26-24(33)29-13-25(14-29)15-30(21(32)11-28-6-8-35-9-7-28)20(12-31)23-22(25)18-5-4-17(34-3)10-19(18)27-23/h4-5,10,16,20,27,31H,6-9,11-15H2,1-3H3,(H,26,33)/t20-/m0/s1. The van der Waals surface area contributed by atoms with Crippen LogP contribution >= 0.6 is 0 Å². The number of aromatic nitrogens is 1. The number of benzene rings is 1. The van der Waals surface area contributed by atoms with E-state index in [9.17, 15) is 14.7 Å². The molecule has 1 atom stereocenters. The Hall–Kier alpha value is -2.82. The van der Waals surface area contributed by atoms with Crippen molar-refractivity contribution in [2.45, 2.75) is 31.3 Å². The van der Waals surface area contributed by atoms with Gasteiger partial charge in [-0.05, 0) is 31.5 Å². The fourth-order valence-corrected chi connectivity index (χ4v) is 5.73. The van der Waals surface area contributed by atoms with Crippen LogP contribution < -0.4 is 10.1 Å². The topological polar surface area (TPSA) is 110 Å². The fraction of sp³-hybridized carbons (Fsp3) is 0.600. The molecule has 1 spiro atoms. The minimum atomic E-state index is -0.471. The number of aliphatic hydroxyl groups is 1. The monoisotopic (exact) mass is 485 g/mol. The van der Waals surface area contributed by atoms with Gasteiger partial charge in [0, 0.05) is 61.4 Å². The second kappa shape index (κ2) is 9.33. The van der Waals surface area contributed by atoms with Gasteiger partial charge in [-0.3, -0.25) is 9.69 Å². The minimum Gasteiger partial charge on any atom is -0.497 e. The molecule has 0 unspecified atom stereocenters. The molecule has 0 saturated carbocycles. The van der Waals surface area contributed by atoms with Gasteiger partial charge in [0.05, 0.1) is 44.9 Å². The van der Waals surface area contributed by atoms with Gasteiger partial charge in [0.1, 0.15) is 5.75 Å². The third-order valence-electron chi connectivity index (χ3n) is 7.39. The molecular weight excluding hydrogens is 450 g/mol. The lowest BCUT2D eigenvalue weighted by molar-refractivity contribution is -0.140. The molecule has 0 aliphatic carbocycles. The number of nitrogens with one attached hydrogen (secondary N) is 2. The zero-order chi connectivity index (χ0) is 24.7. The molecule has 3 N–H and O–H groups in total. The number of carbonyl (C=O) groups excluding carboxylic acids is 2. The van der Waals surface area contributed by atoms with Gasteiger partial charge in [-0.15, -0.1) is 0 Å². The summed E-state index contributed by atoms with van der Waals surface area (Å²) in [6.45, 7) is 8.14. The van der Waals surface area contributed by atoms with Gasteiger partial charge < -0.3 is 34.7 Å². The smallest absolute Gasteiger partial charge is 0.317 e. The molecular formula is C25H35N5O5. The molecule has 3 aliphatic heterocycles. The third-order valence-corrected chi connectivity index (χ3v) is 7.39. The first-order valence-corrected chi connectivity index (χ1v) is 12.3. The van der Waals surface area contributed by atoms with Crippen LogP contribution in [0.2, 0.25) is 0 Å². The summed E-state index contributed by atoms with van der Waals surface area (Å²) in [6, 6.07) is 5.38. The van der Waals surface area contributed by atoms with Crippen LogP contribution in [0.1, 0.15) is 31.1 Å². The van der Waals surface area contributed by atoms with E-state index in [0.29, 0.717) is 32.8 Å². The first-order chi connectivity index (χ1) is 16.8. The van der Waals surface area contributed by atoms with Crippen molar-refractivity contribution in [2.75, 3.05) is 66.2 Å². The van der Waals surface area contributed by atoms with Crippen LogP contribution in [-0.2, 0) is 14.9 Å². The summed E-state index contributed by atoms with van der Waals surface area (Å²) in [5, 5.41) is 14.5. The van der Waals surface area contributed by atoms with E-state index in [1.165, 1.54) is 0 Å². The summed E-state index contributed by atoms with van der Waals surface area (Å²) < 4.78 is 10.8. The van der Waals surface area contributed by atoms with E-state index in [1.54, 1.807) is 12.0 Å². The highest BCUT2D eigenvalue weighted by molar-refractivity contribution is 5.90. The second-order valence-corrected chi connectivity index (χ2v) is 10.2. The lowest BCUT2D eigenvalue weighted by Gasteiger charge is -2.56. The van der Waals surface area contributed by atoms with Crippen LogP contribution in [0.15, 0.2) is 18.2 Å². The first kappa shape index (κ1) is 23.9. The molecule has 2 aromatic rings. The van der Waals surface area contributed by atoms with Crippen molar-refractivity contribution in [3.63, 3.8) is 0 Å². The summed E-state index contributed by atoms with van der Waals surface area (Å²) >= 11 is 0. The zero-order valence-corrected chi connectivity index (χ0v) is 20.7. The van der Waals surface area contributed by atoms with Gasteiger partial charge >= 0.3 is 6.03 Å². The number of urea groups is 1. The lowest BCUT2D eigenvalue weighted by Crippen LogP contribution is -2.69. The maximum Gasteiger partial charge on any atom is 0.317 e. The number of ether oxygens (including phenoxy) is 2. The molecule has 0 radical (unpaired) electrons. The molecule has 0 bridgehead atoms. The Balaban J connectivity index is 1.51. The number of H-pyrrole nitrogens is 1. The Kier molecular flexibility index (Phi) is 6.37. The maximum atomic E-state index is 13.6. The summed E-state index contributed by atoms with van der Waals surface area (Å²) in [6.07, 6.45) is 0. The number of hydrogen-bond acceptors (Lipinski definition) is 6. The van der Waals surface area contributed by atoms with Crippen molar-refractivity contribution in [1.82, 2.24) is 25.0 Å². The highest BCUT2D eigenvalue weighted by Crippen LogP contribution is 2.48. The van der Waals surface area contributed by atoms with Gasteiger partial charge in [0.25, 0.3) is 0 Å². The number of amides is 3. The maximum absolute atomic E-state index is 13.6. The van der Waals surface area contributed by atoms with Crippen LogP contribution in [-0.4, -0.2) is 109 Å². The SMILES string of the molecule is COc1ccc2c3c([nH]c2c1)[C@H](CO)N(C(=O)CN1CCOCC1)CC31CN(C(=O)NC(C)C)C1. The van der Waals surface area contributed by atoms with Crippen molar-refractivity contribution >= 4 is 22.8 Å². The molecule has 2 fully saturated rings. The van der Waals surface area contributed by atoms with Crippen LogP contribution in [0.5, 0.6) is 5.75 Å². The largest absolute Gasteiger partial charge is 0.497 e. The number of hydrogen-bond donors (Lipinski definition) is 3. The Morgan fingerprint density at radius 1 is 1.26 bits per heavy atom. The number of carbonyl (C=O) groups is 2. The Labute approximate surface area is 205 Å². The number of likely N-dealkylation sites (tertiary alicyclic amines) is 1. The molecule has 10 heteroatoms.